The van der Waals surface area contributed by atoms with E-state index in [9.17, 15) is 9.59 Å². The molecular weight excluding hydrogens is 516 g/mol. The van der Waals surface area contributed by atoms with E-state index < -0.39 is 51.0 Å². The Morgan fingerprint density at radius 3 is 1.72 bits per heavy atom. The minimum Gasteiger partial charge on any atom is -0.453 e. The van der Waals surface area contributed by atoms with Crippen LogP contribution in [0.1, 0.15) is 45.7 Å². The zero-order valence-corrected chi connectivity index (χ0v) is 25.0. The molecule has 3 rings (SSSR count). The van der Waals surface area contributed by atoms with Crippen LogP contribution in [0.2, 0.25) is 18.1 Å². The Bertz CT molecular complexity index is 1050. The van der Waals surface area contributed by atoms with Crippen molar-refractivity contribution in [1.29, 1.82) is 0 Å². The van der Waals surface area contributed by atoms with E-state index in [1.165, 1.54) is 13.8 Å². The van der Waals surface area contributed by atoms with Crippen molar-refractivity contribution in [2.24, 2.45) is 0 Å². The molecule has 0 N–H and O–H groups in total. The van der Waals surface area contributed by atoms with Gasteiger partial charge in [0.05, 0.1) is 19.8 Å². The van der Waals surface area contributed by atoms with Crippen LogP contribution in [0, 0.1) is 0 Å². The maximum Gasteiger partial charge on any atom is 0.305 e. The van der Waals surface area contributed by atoms with Crippen molar-refractivity contribution in [1.82, 2.24) is 0 Å². The number of carbonyl (C=O) groups is 2. The summed E-state index contributed by atoms with van der Waals surface area (Å²) in [6, 6.07) is 19.4. The van der Waals surface area contributed by atoms with Crippen LogP contribution in [-0.2, 0) is 50.9 Å². The SMILES string of the molecule is CC(=O)OC1O[C@H](CO[Si](C)(C)C(C)(C)C)[C@@H](OCc2ccccc2)[C@H](OCc2ccccc2)[C@H]1OC(C)=O. The maximum atomic E-state index is 12.2. The average Bonchev–Trinajstić information content (AvgIpc) is 2.87. The second-order valence-electron chi connectivity index (χ2n) is 11.3. The van der Waals surface area contributed by atoms with E-state index >= 15 is 0 Å². The summed E-state index contributed by atoms with van der Waals surface area (Å²) in [6.07, 6.45) is -4.37. The van der Waals surface area contributed by atoms with Gasteiger partial charge in [-0.2, -0.15) is 0 Å². The number of ether oxygens (including phenoxy) is 5. The molecule has 0 spiro atoms. The molecule has 1 fully saturated rings. The lowest BCUT2D eigenvalue weighted by molar-refractivity contribution is -0.310. The summed E-state index contributed by atoms with van der Waals surface area (Å²) in [7, 11) is -2.17. The van der Waals surface area contributed by atoms with Gasteiger partial charge in [0.2, 0.25) is 6.29 Å². The second-order valence-corrected chi connectivity index (χ2v) is 16.1. The Labute approximate surface area is 233 Å². The van der Waals surface area contributed by atoms with Gasteiger partial charge in [0, 0.05) is 13.8 Å². The number of carbonyl (C=O) groups excluding carboxylic acids is 2. The second kappa shape index (κ2) is 13.7. The highest BCUT2D eigenvalue weighted by atomic mass is 28.4. The van der Waals surface area contributed by atoms with Gasteiger partial charge in [0.1, 0.15) is 18.3 Å². The Hall–Kier alpha value is -2.56. The molecule has 0 amide bonds. The van der Waals surface area contributed by atoms with E-state index in [4.69, 9.17) is 28.1 Å². The molecule has 8 nitrogen and oxygen atoms in total. The highest BCUT2D eigenvalue weighted by Crippen LogP contribution is 2.38. The van der Waals surface area contributed by atoms with Crippen molar-refractivity contribution < 1.29 is 37.7 Å². The lowest BCUT2D eigenvalue weighted by Crippen LogP contribution is -2.63. The molecule has 0 radical (unpaired) electrons. The fourth-order valence-corrected chi connectivity index (χ4v) is 5.03. The van der Waals surface area contributed by atoms with E-state index in [2.05, 4.69) is 33.9 Å². The number of esters is 2. The highest BCUT2D eigenvalue weighted by Gasteiger charge is 2.52. The summed E-state index contributed by atoms with van der Waals surface area (Å²) in [4.78, 5) is 24.2. The van der Waals surface area contributed by atoms with Crippen molar-refractivity contribution >= 4 is 20.3 Å². The lowest BCUT2D eigenvalue weighted by atomic mass is 9.98. The van der Waals surface area contributed by atoms with Crippen LogP contribution < -0.4 is 0 Å². The molecule has 0 aliphatic carbocycles. The summed E-state index contributed by atoms with van der Waals surface area (Å²) in [5.74, 6) is -1.11. The van der Waals surface area contributed by atoms with Gasteiger partial charge in [-0.25, -0.2) is 0 Å². The topological polar surface area (TPSA) is 89.5 Å². The molecule has 1 heterocycles. The Balaban J connectivity index is 1.96. The molecule has 214 valence electrons. The van der Waals surface area contributed by atoms with Crippen LogP contribution in [-0.4, -0.2) is 57.6 Å². The fraction of sp³-hybridized carbons (Fsp3) is 0.533. The van der Waals surface area contributed by atoms with Gasteiger partial charge in [-0.1, -0.05) is 81.4 Å². The molecule has 0 bridgehead atoms. The van der Waals surface area contributed by atoms with E-state index in [1.807, 2.05) is 60.7 Å². The van der Waals surface area contributed by atoms with Crippen molar-refractivity contribution in [3.8, 4) is 0 Å². The molecule has 0 saturated carbocycles. The molecular formula is C30H42O8Si. The Kier molecular flexibility index (Phi) is 10.9. The summed E-state index contributed by atoms with van der Waals surface area (Å²) in [5, 5.41) is -0.0270. The number of hydrogen-bond donors (Lipinski definition) is 0. The molecule has 1 aliphatic rings. The van der Waals surface area contributed by atoms with Crippen LogP contribution in [0.25, 0.3) is 0 Å². The third kappa shape index (κ3) is 8.98. The van der Waals surface area contributed by atoms with Gasteiger partial charge in [0.25, 0.3) is 0 Å². The van der Waals surface area contributed by atoms with Crippen molar-refractivity contribution in [2.75, 3.05) is 6.61 Å². The molecule has 1 aliphatic heterocycles. The molecule has 2 aromatic carbocycles. The molecule has 1 saturated heterocycles. The Morgan fingerprint density at radius 1 is 0.769 bits per heavy atom. The van der Waals surface area contributed by atoms with E-state index in [0.717, 1.165) is 11.1 Å². The van der Waals surface area contributed by atoms with Gasteiger partial charge >= 0.3 is 11.9 Å². The van der Waals surface area contributed by atoms with Crippen LogP contribution in [0.15, 0.2) is 60.7 Å². The lowest BCUT2D eigenvalue weighted by Gasteiger charge is -2.46. The van der Waals surface area contributed by atoms with E-state index in [-0.39, 0.29) is 24.9 Å². The standard InChI is InChI=1S/C30H42O8Si/c1-21(31)36-28-27(34-19-24-16-12-9-13-17-24)26(33-18-23-14-10-8-11-15-23)25(38-29(28)37-22(2)32)20-35-39(6,7)30(3,4)5/h8-17,25-29H,18-20H2,1-7H3/t25-,26-,27+,28-,29?/m1/s1. The van der Waals surface area contributed by atoms with Gasteiger partial charge in [-0.15, -0.1) is 0 Å². The fourth-order valence-electron chi connectivity index (χ4n) is 4.02. The first-order chi connectivity index (χ1) is 18.4. The third-order valence-corrected chi connectivity index (χ3v) is 11.7. The first kappa shape index (κ1) is 31.0. The van der Waals surface area contributed by atoms with Crippen LogP contribution in [0.3, 0.4) is 0 Å². The molecule has 1 unspecified atom stereocenters. The summed E-state index contributed by atoms with van der Waals surface area (Å²) < 4.78 is 36.8. The normalized spacial score (nSPS) is 23.7. The highest BCUT2D eigenvalue weighted by molar-refractivity contribution is 6.74. The maximum absolute atomic E-state index is 12.2. The first-order valence-electron chi connectivity index (χ1n) is 13.3. The van der Waals surface area contributed by atoms with Gasteiger partial charge in [-0.05, 0) is 29.3 Å². The monoisotopic (exact) mass is 558 g/mol. The summed E-state index contributed by atoms with van der Waals surface area (Å²) in [6.45, 7) is 14.1. The van der Waals surface area contributed by atoms with Crippen molar-refractivity contribution in [3.63, 3.8) is 0 Å². The summed E-state index contributed by atoms with van der Waals surface area (Å²) >= 11 is 0. The van der Waals surface area contributed by atoms with E-state index in [1.54, 1.807) is 0 Å². The zero-order chi connectivity index (χ0) is 28.6. The molecule has 0 aromatic heterocycles. The quantitative estimate of drug-likeness (QED) is 0.268. The zero-order valence-electron chi connectivity index (χ0n) is 24.0. The smallest absolute Gasteiger partial charge is 0.305 e. The Morgan fingerprint density at radius 2 is 1.26 bits per heavy atom. The van der Waals surface area contributed by atoms with Gasteiger partial charge in [0.15, 0.2) is 14.4 Å². The van der Waals surface area contributed by atoms with Crippen molar-refractivity contribution in [2.45, 2.75) is 96.7 Å². The number of benzene rings is 2. The van der Waals surface area contributed by atoms with Crippen LogP contribution in [0.5, 0.6) is 0 Å². The predicted molar refractivity (Wildman–Crippen MR) is 149 cm³/mol. The number of hydrogen-bond acceptors (Lipinski definition) is 8. The number of rotatable bonds is 11. The van der Waals surface area contributed by atoms with Crippen LogP contribution in [0.4, 0.5) is 0 Å². The van der Waals surface area contributed by atoms with Gasteiger partial charge < -0.3 is 28.1 Å². The molecule has 5 atom stereocenters. The minimum atomic E-state index is -2.17. The predicted octanol–water partition coefficient (Wildman–Crippen LogP) is 5.40. The van der Waals surface area contributed by atoms with E-state index in [0.29, 0.717) is 0 Å². The summed E-state index contributed by atoms with van der Waals surface area (Å²) in [5.41, 5.74) is 1.90. The molecule has 2 aromatic rings. The minimum absolute atomic E-state index is 0.0270. The van der Waals surface area contributed by atoms with Crippen molar-refractivity contribution in [3.05, 3.63) is 71.8 Å². The largest absolute Gasteiger partial charge is 0.453 e. The average molecular weight is 559 g/mol. The first-order valence-corrected chi connectivity index (χ1v) is 16.2. The van der Waals surface area contributed by atoms with Crippen LogP contribution >= 0.6 is 0 Å². The van der Waals surface area contributed by atoms with Gasteiger partial charge in [-0.3, -0.25) is 9.59 Å². The third-order valence-electron chi connectivity index (χ3n) is 7.16. The molecule has 9 heteroatoms. The molecule has 39 heavy (non-hydrogen) atoms.